The Morgan fingerprint density at radius 3 is 2.06 bits per heavy atom. The summed E-state index contributed by atoms with van der Waals surface area (Å²) in [5, 5.41) is 0. The Hall–Kier alpha value is -0.940. The van der Waals surface area contributed by atoms with Crippen LogP contribution in [0.1, 0.15) is 39.5 Å². The van der Waals surface area contributed by atoms with Crippen LogP contribution in [-0.4, -0.2) is 38.4 Å². The number of methoxy groups -OCH3 is 2. The van der Waals surface area contributed by atoms with E-state index in [0.717, 1.165) is 0 Å². The first kappa shape index (κ1) is 16.1. The SMILES string of the molecule is CCOC(=O)CCCCC(=O)C(C)(OC)OC. The molecule has 0 radical (unpaired) electrons. The standard InChI is InChI=1S/C12H22O5/c1-5-17-11(14)9-7-6-8-10(13)12(2,15-3)16-4/h5-9H2,1-4H3. The first-order valence-electron chi connectivity index (χ1n) is 5.79. The molecule has 0 rings (SSSR count). The second-order valence-corrected chi connectivity index (χ2v) is 3.79. The van der Waals surface area contributed by atoms with E-state index in [4.69, 9.17) is 14.2 Å². The zero-order chi connectivity index (χ0) is 13.3. The number of unbranched alkanes of at least 4 members (excludes halogenated alkanes) is 1. The van der Waals surface area contributed by atoms with Crippen molar-refractivity contribution in [3.63, 3.8) is 0 Å². The Morgan fingerprint density at radius 2 is 1.59 bits per heavy atom. The highest BCUT2D eigenvalue weighted by Crippen LogP contribution is 2.15. The number of carbonyl (C=O) groups excluding carboxylic acids is 2. The van der Waals surface area contributed by atoms with Gasteiger partial charge in [0.2, 0.25) is 5.79 Å². The van der Waals surface area contributed by atoms with Crippen LogP contribution >= 0.6 is 0 Å². The van der Waals surface area contributed by atoms with Crippen LogP contribution in [0.25, 0.3) is 0 Å². The van der Waals surface area contributed by atoms with Gasteiger partial charge in [-0.3, -0.25) is 9.59 Å². The average molecular weight is 246 g/mol. The number of esters is 1. The van der Waals surface area contributed by atoms with Crippen molar-refractivity contribution in [1.82, 2.24) is 0 Å². The van der Waals surface area contributed by atoms with E-state index in [1.807, 2.05) is 0 Å². The van der Waals surface area contributed by atoms with Gasteiger partial charge in [-0.1, -0.05) is 0 Å². The first-order chi connectivity index (χ1) is 8.00. The second-order valence-electron chi connectivity index (χ2n) is 3.79. The Labute approximate surface area is 102 Å². The topological polar surface area (TPSA) is 61.8 Å². The smallest absolute Gasteiger partial charge is 0.305 e. The Balaban J connectivity index is 3.82. The van der Waals surface area contributed by atoms with Crippen LogP contribution in [0.2, 0.25) is 0 Å². The van der Waals surface area contributed by atoms with Gasteiger partial charge >= 0.3 is 5.97 Å². The molecule has 5 nitrogen and oxygen atoms in total. The summed E-state index contributed by atoms with van der Waals surface area (Å²) >= 11 is 0. The van der Waals surface area contributed by atoms with Crippen LogP contribution in [0.15, 0.2) is 0 Å². The summed E-state index contributed by atoms with van der Waals surface area (Å²) in [6.45, 7) is 3.74. The zero-order valence-electron chi connectivity index (χ0n) is 11.1. The molecule has 0 saturated heterocycles. The van der Waals surface area contributed by atoms with Crippen molar-refractivity contribution >= 4 is 11.8 Å². The molecule has 0 heterocycles. The van der Waals surface area contributed by atoms with Gasteiger partial charge in [0, 0.05) is 27.1 Å². The summed E-state index contributed by atoms with van der Waals surface area (Å²) in [6.07, 6.45) is 1.93. The van der Waals surface area contributed by atoms with Crippen LogP contribution in [0.3, 0.4) is 0 Å². The summed E-state index contributed by atoms with van der Waals surface area (Å²) in [4.78, 5) is 22.8. The molecule has 0 N–H and O–H groups in total. The van der Waals surface area contributed by atoms with Crippen LogP contribution in [0.4, 0.5) is 0 Å². The number of Topliss-reactive ketones (excluding diaryl/α,β-unsaturated/α-hetero) is 1. The number of ketones is 1. The highest BCUT2D eigenvalue weighted by Gasteiger charge is 2.31. The second kappa shape index (κ2) is 8.20. The van der Waals surface area contributed by atoms with E-state index < -0.39 is 5.79 Å². The molecule has 0 aliphatic rings. The van der Waals surface area contributed by atoms with E-state index in [2.05, 4.69) is 0 Å². The number of carbonyl (C=O) groups is 2. The maximum absolute atomic E-state index is 11.7. The Morgan fingerprint density at radius 1 is 1.06 bits per heavy atom. The van der Waals surface area contributed by atoms with Crippen molar-refractivity contribution in [2.24, 2.45) is 0 Å². The molecule has 0 fully saturated rings. The maximum atomic E-state index is 11.7. The molecule has 17 heavy (non-hydrogen) atoms. The number of rotatable bonds is 9. The molecule has 0 atom stereocenters. The van der Waals surface area contributed by atoms with Crippen molar-refractivity contribution in [2.75, 3.05) is 20.8 Å². The molecule has 0 amide bonds. The molecule has 0 aliphatic heterocycles. The van der Waals surface area contributed by atoms with Gasteiger partial charge in [-0.2, -0.15) is 0 Å². The van der Waals surface area contributed by atoms with Gasteiger partial charge in [-0.05, 0) is 26.7 Å². The lowest BCUT2D eigenvalue weighted by atomic mass is 10.1. The molecule has 0 aromatic heterocycles. The van der Waals surface area contributed by atoms with Gasteiger partial charge in [0.1, 0.15) is 0 Å². The number of ether oxygens (including phenoxy) is 3. The third kappa shape index (κ3) is 5.79. The van der Waals surface area contributed by atoms with Gasteiger partial charge < -0.3 is 14.2 Å². The largest absolute Gasteiger partial charge is 0.466 e. The fourth-order valence-corrected chi connectivity index (χ4v) is 1.33. The maximum Gasteiger partial charge on any atom is 0.305 e. The highest BCUT2D eigenvalue weighted by atomic mass is 16.7. The minimum Gasteiger partial charge on any atom is -0.466 e. The average Bonchev–Trinajstić information content (AvgIpc) is 2.33. The van der Waals surface area contributed by atoms with Gasteiger partial charge in [0.25, 0.3) is 0 Å². The monoisotopic (exact) mass is 246 g/mol. The van der Waals surface area contributed by atoms with E-state index in [1.54, 1.807) is 13.8 Å². The lowest BCUT2D eigenvalue weighted by Crippen LogP contribution is -2.39. The predicted molar refractivity (Wildman–Crippen MR) is 62.5 cm³/mol. The van der Waals surface area contributed by atoms with Crippen molar-refractivity contribution in [3.05, 3.63) is 0 Å². The normalized spacial score (nSPS) is 11.3. The summed E-state index contributed by atoms with van der Waals surface area (Å²) in [5.41, 5.74) is 0. The lowest BCUT2D eigenvalue weighted by Gasteiger charge is -2.24. The van der Waals surface area contributed by atoms with E-state index in [1.165, 1.54) is 14.2 Å². The van der Waals surface area contributed by atoms with Crippen molar-refractivity contribution in [2.45, 2.75) is 45.3 Å². The summed E-state index contributed by atoms with van der Waals surface area (Å²) in [5.74, 6) is -1.52. The number of hydrogen-bond acceptors (Lipinski definition) is 5. The van der Waals surface area contributed by atoms with E-state index in [0.29, 0.717) is 32.3 Å². The first-order valence-corrected chi connectivity index (χ1v) is 5.79. The molecule has 0 saturated carbocycles. The quantitative estimate of drug-likeness (QED) is 0.352. The molecule has 0 spiro atoms. The molecular formula is C12H22O5. The molecule has 0 aromatic rings. The fourth-order valence-electron chi connectivity index (χ4n) is 1.33. The minimum atomic E-state index is -1.18. The molecule has 0 unspecified atom stereocenters. The van der Waals surface area contributed by atoms with Crippen LogP contribution < -0.4 is 0 Å². The molecule has 0 bridgehead atoms. The summed E-state index contributed by atoms with van der Waals surface area (Å²) in [6, 6.07) is 0. The van der Waals surface area contributed by atoms with Gasteiger partial charge in [-0.25, -0.2) is 0 Å². The van der Waals surface area contributed by atoms with E-state index in [9.17, 15) is 9.59 Å². The molecule has 0 aliphatic carbocycles. The van der Waals surface area contributed by atoms with Crippen LogP contribution in [-0.2, 0) is 23.8 Å². The predicted octanol–water partition coefficient (Wildman–Crippen LogP) is 1.69. The zero-order valence-corrected chi connectivity index (χ0v) is 11.1. The number of hydrogen-bond donors (Lipinski definition) is 0. The minimum absolute atomic E-state index is 0.119. The van der Waals surface area contributed by atoms with Crippen molar-refractivity contribution < 1.29 is 23.8 Å². The highest BCUT2D eigenvalue weighted by molar-refractivity contribution is 5.85. The molecule has 5 heteroatoms. The van der Waals surface area contributed by atoms with Crippen LogP contribution in [0, 0.1) is 0 Å². The Kier molecular flexibility index (Phi) is 7.74. The lowest BCUT2D eigenvalue weighted by molar-refractivity contribution is -0.199. The van der Waals surface area contributed by atoms with Crippen molar-refractivity contribution in [3.8, 4) is 0 Å². The third-order valence-electron chi connectivity index (χ3n) is 2.63. The molecular weight excluding hydrogens is 224 g/mol. The van der Waals surface area contributed by atoms with Crippen LogP contribution in [0.5, 0.6) is 0 Å². The van der Waals surface area contributed by atoms with Gasteiger partial charge in [-0.15, -0.1) is 0 Å². The third-order valence-corrected chi connectivity index (χ3v) is 2.63. The fraction of sp³-hybridized carbons (Fsp3) is 0.833. The van der Waals surface area contributed by atoms with Crippen molar-refractivity contribution in [1.29, 1.82) is 0 Å². The summed E-state index contributed by atoms with van der Waals surface area (Å²) in [7, 11) is 2.86. The van der Waals surface area contributed by atoms with E-state index in [-0.39, 0.29) is 11.8 Å². The molecule has 0 aromatic carbocycles. The van der Waals surface area contributed by atoms with Gasteiger partial charge in [0.15, 0.2) is 5.78 Å². The van der Waals surface area contributed by atoms with E-state index >= 15 is 0 Å². The molecule has 100 valence electrons. The summed E-state index contributed by atoms with van der Waals surface area (Å²) < 4.78 is 14.8. The Bertz CT molecular complexity index is 245. The van der Waals surface area contributed by atoms with Gasteiger partial charge in [0.05, 0.1) is 6.61 Å².